The van der Waals surface area contributed by atoms with Crippen molar-refractivity contribution in [1.82, 2.24) is 4.72 Å². The van der Waals surface area contributed by atoms with E-state index in [9.17, 15) is 13.2 Å². The van der Waals surface area contributed by atoms with Gasteiger partial charge in [-0.2, -0.15) is 0 Å². The number of hydrogen-bond donors (Lipinski definition) is 1. The summed E-state index contributed by atoms with van der Waals surface area (Å²) in [6.45, 7) is 0. The molecule has 0 spiro atoms. The SMILES string of the molecule is O=C1NS(=O)(=O)c2ccccc21.O=S(=O)([O-])[O-].[Fe+2]. The minimum atomic E-state index is -5.17. The second kappa shape index (κ2) is 5.78. The molecule has 1 aliphatic heterocycles. The zero-order valence-corrected chi connectivity index (χ0v) is 11.1. The Bertz CT molecular complexity index is 644. The number of sulfonamides is 1. The standard InChI is InChI=1S/C7H5NO3S.Fe.H2O4S/c9-7-5-3-1-2-4-6(5)12(10,11)8-7;;1-5(2,3)4/h1-4H,(H,8,9);;(H2,1,2,3,4)/q;+2;/p-2. The van der Waals surface area contributed by atoms with Crippen molar-refractivity contribution in [3.63, 3.8) is 0 Å². The summed E-state index contributed by atoms with van der Waals surface area (Å²) in [7, 11) is -8.72. The van der Waals surface area contributed by atoms with Crippen LogP contribution >= 0.6 is 0 Å². The molecular formula is C7H5FeNO7S2. The van der Waals surface area contributed by atoms with Crippen molar-refractivity contribution in [3.8, 4) is 0 Å². The van der Waals surface area contributed by atoms with E-state index in [0.29, 0.717) is 0 Å². The van der Waals surface area contributed by atoms with E-state index in [1.54, 1.807) is 12.1 Å². The number of hydrogen-bond acceptors (Lipinski definition) is 7. The normalized spacial score (nSPS) is 15.6. The van der Waals surface area contributed by atoms with Gasteiger partial charge in [-0.25, -0.2) is 13.1 Å². The van der Waals surface area contributed by atoms with Crippen molar-refractivity contribution in [2.45, 2.75) is 4.90 Å². The number of carbonyl (C=O) groups is 1. The summed E-state index contributed by atoms with van der Waals surface area (Å²) in [5.41, 5.74) is 0.220. The predicted octanol–water partition coefficient (Wildman–Crippen LogP) is -1.22. The molecule has 0 unspecified atom stereocenters. The van der Waals surface area contributed by atoms with Crippen molar-refractivity contribution < 1.29 is 47.8 Å². The van der Waals surface area contributed by atoms with Crippen molar-refractivity contribution in [1.29, 1.82) is 0 Å². The van der Waals surface area contributed by atoms with Crippen LogP contribution in [0.15, 0.2) is 29.2 Å². The average Bonchev–Trinajstić information content (AvgIpc) is 2.36. The Hall–Kier alpha value is -0.971. The van der Waals surface area contributed by atoms with Gasteiger partial charge in [-0.15, -0.1) is 0 Å². The molecule has 0 saturated heterocycles. The smallest absolute Gasteiger partial charge is 0.759 e. The van der Waals surface area contributed by atoms with Gasteiger partial charge in [0.1, 0.15) is 4.90 Å². The Morgan fingerprint density at radius 2 is 1.56 bits per heavy atom. The van der Waals surface area contributed by atoms with Gasteiger partial charge >= 0.3 is 17.1 Å². The quantitative estimate of drug-likeness (QED) is 0.355. The zero-order chi connectivity index (χ0) is 13.3. The van der Waals surface area contributed by atoms with Crippen LogP contribution in [0, 0.1) is 0 Å². The van der Waals surface area contributed by atoms with E-state index in [4.69, 9.17) is 17.5 Å². The van der Waals surface area contributed by atoms with Crippen molar-refractivity contribution in [2.24, 2.45) is 0 Å². The van der Waals surface area contributed by atoms with Gasteiger partial charge in [-0.05, 0) is 12.1 Å². The number of fused-ring (bicyclic) bond motifs is 1. The Morgan fingerprint density at radius 1 is 1.11 bits per heavy atom. The summed E-state index contributed by atoms with van der Waals surface area (Å²) in [6.07, 6.45) is 0. The third-order valence-electron chi connectivity index (χ3n) is 1.65. The fraction of sp³-hybridized carbons (Fsp3) is 0. The second-order valence-corrected chi connectivity index (χ2v) is 5.31. The molecule has 18 heavy (non-hydrogen) atoms. The minimum absolute atomic E-state index is 0. The first-order chi connectivity index (χ1) is 7.61. The first-order valence-corrected chi connectivity index (χ1v) is 6.76. The Balaban J connectivity index is 0.000000421. The fourth-order valence-corrected chi connectivity index (χ4v) is 2.29. The number of rotatable bonds is 0. The van der Waals surface area contributed by atoms with Gasteiger partial charge in [0.2, 0.25) is 0 Å². The summed E-state index contributed by atoms with van der Waals surface area (Å²) in [5.74, 6) is -0.550. The predicted molar refractivity (Wildman–Crippen MR) is 51.6 cm³/mol. The maximum absolute atomic E-state index is 11.1. The van der Waals surface area contributed by atoms with Gasteiger partial charge in [-0.3, -0.25) is 13.2 Å². The molecule has 0 bridgehead atoms. The van der Waals surface area contributed by atoms with Crippen LogP contribution in [-0.4, -0.2) is 31.8 Å². The molecular weight excluding hydrogens is 330 g/mol. The molecule has 2 rings (SSSR count). The van der Waals surface area contributed by atoms with Crippen LogP contribution < -0.4 is 4.72 Å². The number of carbonyl (C=O) groups excluding carboxylic acids is 1. The number of amides is 1. The Morgan fingerprint density at radius 3 is 2.00 bits per heavy atom. The number of nitrogens with one attached hydrogen (secondary N) is 1. The molecule has 0 aliphatic carbocycles. The summed E-state index contributed by atoms with van der Waals surface area (Å²) in [4.78, 5) is 11.1. The van der Waals surface area contributed by atoms with Crippen LogP contribution in [0.5, 0.6) is 0 Å². The van der Waals surface area contributed by atoms with Crippen molar-refractivity contribution in [3.05, 3.63) is 29.8 Å². The topological polar surface area (TPSA) is 144 Å². The molecule has 1 aromatic carbocycles. The molecule has 0 radical (unpaired) electrons. The Kier molecular flexibility index (Phi) is 5.47. The largest absolute Gasteiger partial charge is 2.00 e. The summed E-state index contributed by atoms with van der Waals surface area (Å²) >= 11 is 0. The molecule has 0 fully saturated rings. The molecule has 100 valence electrons. The van der Waals surface area contributed by atoms with Gasteiger partial charge in [0.05, 0.1) is 5.56 Å². The summed E-state index contributed by atoms with van der Waals surface area (Å²) in [6, 6.07) is 6.09. The van der Waals surface area contributed by atoms with Crippen LogP contribution in [0.25, 0.3) is 0 Å². The molecule has 0 atom stereocenters. The Labute approximate surface area is 113 Å². The van der Waals surface area contributed by atoms with E-state index in [0.717, 1.165) is 0 Å². The van der Waals surface area contributed by atoms with Crippen LogP contribution in [0.3, 0.4) is 0 Å². The summed E-state index contributed by atoms with van der Waals surface area (Å²) in [5, 5.41) is 0. The van der Waals surface area contributed by atoms with E-state index in [-0.39, 0.29) is 27.5 Å². The van der Waals surface area contributed by atoms with E-state index < -0.39 is 26.3 Å². The van der Waals surface area contributed by atoms with Gasteiger partial charge in [0, 0.05) is 10.4 Å². The zero-order valence-electron chi connectivity index (χ0n) is 8.34. The molecule has 8 nitrogen and oxygen atoms in total. The molecule has 1 aromatic rings. The molecule has 0 aromatic heterocycles. The van der Waals surface area contributed by atoms with Crippen LogP contribution in [0.1, 0.15) is 10.4 Å². The van der Waals surface area contributed by atoms with E-state index >= 15 is 0 Å². The van der Waals surface area contributed by atoms with Gasteiger partial charge in [0.25, 0.3) is 15.9 Å². The van der Waals surface area contributed by atoms with Gasteiger partial charge < -0.3 is 9.11 Å². The van der Waals surface area contributed by atoms with E-state index in [2.05, 4.69) is 0 Å². The molecule has 1 aliphatic rings. The third kappa shape index (κ3) is 4.72. The third-order valence-corrected chi connectivity index (χ3v) is 3.04. The van der Waals surface area contributed by atoms with Crippen molar-refractivity contribution in [2.75, 3.05) is 0 Å². The summed E-state index contributed by atoms with van der Waals surface area (Å²) < 4.78 is 58.2. The van der Waals surface area contributed by atoms with Crippen LogP contribution in [0.4, 0.5) is 0 Å². The van der Waals surface area contributed by atoms with Crippen molar-refractivity contribution >= 4 is 26.3 Å². The van der Waals surface area contributed by atoms with E-state index in [1.165, 1.54) is 12.1 Å². The second-order valence-electron chi connectivity index (χ2n) is 2.84. The number of benzene rings is 1. The van der Waals surface area contributed by atoms with Gasteiger partial charge in [0.15, 0.2) is 0 Å². The molecule has 0 saturated carbocycles. The molecule has 1 amide bonds. The first kappa shape index (κ1) is 17.0. The molecule has 11 heteroatoms. The molecule has 1 heterocycles. The van der Waals surface area contributed by atoms with Crippen LogP contribution in [-0.2, 0) is 37.5 Å². The monoisotopic (exact) mass is 335 g/mol. The van der Waals surface area contributed by atoms with Gasteiger partial charge in [-0.1, -0.05) is 12.1 Å². The fourth-order valence-electron chi connectivity index (χ4n) is 1.12. The molecule has 1 N–H and O–H groups in total. The minimum Gasteiger partial charge on any atom is -0.759 e. The first-order valence-electron chi connectivity index (χ1n) is 3.94. The maximum Gasteiger partial charge on any atom is 2.00 e. The van der Waals surface area contributed by atoms with Crippen LogP contribution in [0.2, 0.25) is 0 Å². The van der Waals surface area contributed by atoms with E-state index in [1.807, 2.05) is 4.72 Å². The maximum atomic E-state index is 11.1. The average molecular weight is 335 g/mol.